The van der Waals surface area contributed by atoms with Gasteiger partial charge in [-0.25, -0.2) is 4.98 Å². The lowest BCUT2D eigenvalue weighted by Gasteiger charge is -2.16. The van der Waals surface area contributed by atoms with E-state index in [-0.39, 0.29) is 23.8 Å². The van der Waals surface area contributed by atoms with Crippen LogP contribution in [0.3, 0.4) is 0 Å². The maximum atomic E-state index is 12.6. The summed E-state index contributed by atoms with van der Waals surface area (Å²) in [5.41, 5.74) is 2.76. The number of benzene rings is 1. The molecule has 6 heteroatoms. The third-order valence-corrected chi connectivity index (χ3v) is 4.38. The molecule has 1 N–H and O–H groups in total. The van der Waals surface area contributed by atoms with E-state index >= 15 is 0 Å². The van der Waals surface area contributed by atoms with Gasteiger partial charge in [-0.05, 0) is 30.8 Å². The Morgan fingerprint density at radius 1 is 1.62 bits per heavy atom. The quantitative estimate of drug-likeness (QED) is 0.943. The number of carbonyl (C=O) groups excluding carboxylic acids is 2. The molecule has 0 bridgehead atoms. The average Bonchev–Trinajstić information content (AvgIpc) is 3.14. The predicted octanol–water partition coefficient (Wildman–Crippen LogP) is 2.02. The molecule has 2 amide bonds. The van der Waals surface area contributed by atoms with Crippen molar-refractivity contribution in [3.8, 4) is 0 Å². The minimum absolute atomic E-state index is 0.119. The fraction of sp³-hybridized carbons (Fsp3) is 0.267. The smallest absolute Gasteiger partial charge is 0.253 e. The highest BCUT2D eigenvalue weighted by atomic mass is 32.1. The Kier molecular flexibility index (Phi) is 3.37. The van der Waals surface area contributed by atoms with E-state index in [1.165, 1.54) is 17.5 Å². The Morgan fingerprint density at radius 3 is 3.29 bits per heavy atom. The molecule has 5 nitrogen and oxygen atoms in total. The highest BCUT2D eigenvalue weighted by molar-refractivity contribution is 7.16. The van der Waals surface area contributed by atoms with Crippen molar-refractivity contribution in [2.24, 2.45) is 5.92 Å². The summed E-state index contributed by atoms with van der Waals surface area (Å²) in [6, 6.07) is 3.52. The van der Waals surface area contributed by atoms with Crippen LogP contribution in [0.5, 0.6) is 0 Å². The summed E-state index contributed by atoms with van der Waals surface area (Å²) in [6.45, 7) is 4.35. The maximum Gasteiger partial charge on any atom is 0.253 e. The van der Waals surface area contributed by atoms with Crippen molar-refractivity contribution < 1.29 is 11.0 Å². The number of aromatic nitrogens is 1. The topological polar surface area (TPSA) is 62.3 Å². The van der Waals surface area contributed by atoms with E-state index in [1.807, 2.05) is 0 Å². The monoisotopic (exact) mass is 303 g/mol. The van der Waals surface area contributed by atoms with E-state index in [9.17, 15) is 9.59 Å². The van der Waals surface area contributed by atoms with Gasteiger partial charge in [0.1, 0.15) is 0 Å². The summed E-state index contributed by atoms with van der Waals surface area (Å²) >= 11 is 1.45. The average molecular weight is 303 g/mol. The molecule has 1 aliphatic rings. The largest absolute Gasteiger partial charge is 0.338 e. The van der Waals surface area contributed by atoms with E-state index in [0.29, 0.717) is 25.1 Å². The number of carbonyl (C=O) groups is 2. The molecule has 0 aliphatic carbocycles. The van der Waals surface area contributed by atoms with E-state index in [4.69, 9.17) is 1.37 Å². The maximum absolute atomic E-state index is 12.6. The molecular formula is C15H15N3O2S. The number of likely N-dealkylation sites (tertiary alicyclic amines) is 1. The van der Waals surface area contributed by atoms with Crippen molar-refractivity contribution in [3.63, 3.8) is 0 Å². The van der Waals surface area contributed by atoms with Crippen LogP contribution in [0.25, 0.3) is 10.2 Å². The van der Waals surface area contributed by atoms with Gasteiger partial charge in [0.05, 0.1) is 23.0 Å². The van der Waals surface area contributed by atoms with E-state index in [0.717, 1.165) is 10.2 Å². The molecule has 1 aromatic carbocycles. The third-order valence-electron chi connectivity index (χ3n) is 3.58. The Morgan fingerprint density at radius 2 is 2.48 bits per heavy atom. The van der Waals surface area contributed by atoms with Crippen LogP contribution in [0.2, 0.25) is 0 Å². The Balaban J connectivity index is 1.80. The Bertz CT molecular complexity index is 758. The minimum Gasteiger partial charge on any atom is -0.338 e. The zero-order valence-corrected chi connectivity index (χ0v) is 12.2. The molecule has 21 heavy (non-hydrogen) atoms. The lowest BCUT2D eigenvalue weighted by molar-refractivity contribution is -0.123. The van der Waals surface area contributed by atoms with Crippen LogP contribution in [0.1, 0.15) is 18.1 Å². The summed E-state index contributed by atoms with van der Waals surface area (Å²) in [6.07, 6.45) is 1.97. The molecule has 1 aromatic heterocycles. The van der Waals surface area contributed by atoms with Crippen molar-refractivity contribution >= 4 is 33.4 Å². The first-order chi connectivity index (χ1) is 10.6. The van der Waals surface area contributed by atoms with Crippen LogP contribution < -0.4 is 5.32 Å². The molecule has 1 saturated heterocycles. The van der Waals surface area contributed by atoms with Crippen LogP contribution in [0.15, 0.2) is 36.5 Å². The highest BCUT2D eigenvalue weighted by Gasteiger charge is 2.31. The van der Waals surface area contributed by atoms with Crippen LogP contribution in [0.4, 0.5) is 0 Å². The molecule has 1 atom stereocenters. The molecule has 0 saturated carbocycles. The standard InChI is InChI=1S/C15H15N3O2S/c1-2-16-14(19)11-5-6-18(8-11)15(20)10-3-4-13-12(7-10)17-9-21-13/h2-4,7,9,11H,1,5-6,8H2,(H,16,19)/i3T. The van der Waals surface area contributed by atoms with Crippen LogP contribution in [-0.4, -0.2) is 34.8 Å². The second kappa shape index (κ2) is 5.65. The number of nitrogens with zero attached hydrogens (tertiary/aromatic N) is 2. The zero-order chi connectivity index (χ0) is 15.7. The first kappa shape index (κ1) is 12.5. The molecule has 1 aliphatic heterocycles. The highest BCUT2D eigenvalue weighted by Crippen LogP contribution is 2.22. The van der Waals surface area contributed by atoms with E-state index in [1.54, 1.807) is 22.5 Å². The van der Waals surface area contributed by atoms with Gasteiger partial charge in [0, 0.05) is 18.7 Å². The number of rotatable bonds is 3. The van der Waals surface area contributed by atoms with E-state index in [2.05, 4.69) is 16.9 Å². The number of fused-ring (bicyclic) bond motifs is 1. The lowest BCUT2D eigenvalue weighted by Crippen LogP contribution is -2.32. The van der Waals surface area contributed by atoms with Crippen LogP contribution in [-0.2, 0) is 4.79 Å². The molecule has 2 aromatic rings. The Labute approximate surface area is 127 Å². The molecule has 1 fully saturated rings. The van der Waals surface area contributed by atoms with Gasteiger partial charge in [0.15, 0.2) is 0 Å². The van der Waals surface area contributed by atoms with Gasteiger partial charge >= 0.3 is 0 Å². The SMILES string of the molecule is [3H]c1cc2scnc2cc1C(=O)N1CCC(C(=O)NC=C)C1. The molecule has 3 rings (SSSR count). The van der Waals surface area contributed by atoms with Crippen molar-refractivity contribution in [2.75, 3.05) is 13.1 Å². The van der Waals surface area contributed by atoms with Gasteiger partial charge in [-0.1, -0.05) is 6.58 Å². The number of amides is 2. The molecule has 108 valence electrons. The Hall–Kier alpha value is -2.21. The summed E-state index contributed by atoms with van der Waals surface area (Å²) in [4.78, 5) is 30.2. The number of nitrogens with one attached hydrogen (secondary N) is 1. The minimum atomic E-state index is -0.223. The van der Waals surface area contributed by atoms with Gasteiger partial charge in [-0.15, -0.1) is 11.3 Å². The summed E-state index contributed by atoms with van der Waals surface area (Å²) in [5.74, 6) is -0.556. The summed E-state index contributed by atoms with van der Waals surface area (Å²) < 4.78 is 8.92. The van der Waals surface area contributed by atoms with Crippen molar-refractivity contribution in [2.45, 2.75) is 6.42 Å². The van der Waals surface area contributed by atoms with Gasteiger partial charge < -0.3 is 10.2 Å². The van der Waals surface area contributed by atoms with Crippen molar-refractivity contribution in [1.29, 1.82) is 0 Å². The number of hydrogen-bond acceptors (Lipinski definition) is 4. The zero-order valence-electron chi connectivity index (χ0n) is 12.3. The predicted molar refractivity (Wildman–Crippen MR) is 82.0 cm³/mol. The second-order valence-corrected chi connectivity index (χ2v) is 5.78. The van der Waals surface area contributed by atoms with Crippen LogP contribution in [0, 0.1) is 5.92 Å². The molecule has 0 spiro atoms. The summed E-state index contributed by atoms with van der Waals surface area (Å²) in [5, 5.41) is 2.56. The van der Waals surface area contributed by atoms with E-state index < -0.39 is 0 Å². The molecule has 0 radical (unpaired) electrons. The van der Waals surface area contributed by atoms with Gasteiger partial charge in [-0.2, -0.15) is 0 Å². The van der Waals surface area contributed by atoms with Crippen molar-refractivity contribution in [3.05, 3.63) is 42.0 Å². The fourth-order valence-corrected chi connectivity index (χ4v) is 3.11. The third kappa shape index (κ3) is 2.67. The molecular weight excluding hydrogens is 286 g/mol. The fourth-order valence-electron chi connectivity index (χ4n) is 2.47. The molecule has 2 heterocycles. The second-order valence-electron chi connectivity index (χ2n) is 4.90. The summed E-state index contributed by atoms with van der Waals surface area (Å²) in [7, 11) is 0. The van der Waals surface area contributed by atoms with Crippen LogP contribution >= 0.6 is 11.3 Å². The van der Waals surface area contributed by atoms with Gasteiger partial charge in [0.25, 0.3) is 5.91 Å². The number of hydrogen-bond donors (Lipinski definition) is 1. The normalized spacial score (nSPS) is 18.6. The first-order valence-corrected chi connectivity index (χ1v) is 7.52. The van der Waals surface area contributed by atoms with Gasteiger partial charge in [-0.3, -0.25) is 9.59 Å². The van der Waals surface area contributed by atoms with Crippen molar-refractivity contribution in [1.82, 2.24) is 15.2 Å². The first-order valence-electron chi connectivity index (χ1n) is 7.14. The number of thiazole rings is 1. The lowest BCUT2D eigenvalue weighted by atomic mass is 10.1. The van der Waals surface area contributed by atoms with Gasteiger partial charge in [0.2, 0.25) is 5.91 Å². The molecule has 1 unspecified atom stereocenters.